The predicted octanol–water partition coefficient (Wildman–Crippen LogP) is 4.10. The Hall–Kier alpha value is -3.66. The van der Waals surface area contributed by atoms with Gasteiger partial charge >= 0.3 is 6.09 Å². The Morgan fingerprint density at radius 2 is 2.04 bits per heavy atom. The normalized spacial score (nSPS) is 10.1. The van der Waals surface area contributed by atoms with Gasteiger partial charge in [-0.15, -0.1) is 0 Å². The predicted molar refractivity (Wildman–Crippen MR) is 86.9 cm³/mol. The van der Waals surface area contributed by atoms with Crippen LogP contribution in [-0.4, -0.2) is 11.1 Å². The number of nitriles is 1. The van der Waals surface area contributed by atoms with Crippen molar-refractivity contribution in [2.24, 2.45) is 0 Å². The monoisotopic (exact) mass is 337 g/mol. The van der Waals surface area contributed by atoms with Gasteiger partial charge in [0.15, 0.2) is 0 Å². The van der Waals surface area contributed by atoms with E-state index < -0.39 is 11.9 Å². The molecule has 3 rings (SSSR count). The van der Waals surface area contributed by atoms with Crippen LogP contribution in [0.2, 0.25) is 0 Å². The van der Waals surface area contributed by atoms with E-state index in [9.17, 15) is 9.18 Å². The fraction of sp³-hybridized carbons (Fsp3) is 0.0556. The Balaban J connectivity index is 1.72. The van der Waals surface area contributed by atoms with Crippen molar-refractivity contribution in [2.75, 3.05) is 5.32 Å². The fourth-order valence-corrected chi connectivity index (χ4v) is 2.08. The number of amides is 1. The number of benzene rings is 2. The molecule has 0 spiro atoms. The standard InChI is InChI=1S/C18H12FN3O3/c19-14-8-4-7-13(9-14)16-21-15(10-20)17(25-16)22-18(23)24-11-12-5-2-1-3-6-12/h1-9H,11H2,(H,22,23). The number of carbonyl (C=O) groups is 1. The maximum absolute atomic E-state index is 13.3. The number of hydrogen-bond acceptors (Lipinski definition) is 5. The van der Waals surface area contributed by atoms with Gasteiger partial charge in [0.2, 0.25) is 17.5 Å². The maximum atomic E-state index is 13.3. The SMILES string of the molecule is N#Cc1nc(-c2cccc(F)c2)oc1NC(=O)OCc1ccccc1. The minimum absolute atomic E-state index is 0.0226. The van der Waals surface area contributed by atoms with Crippen molar-refractivity contribution in [3.8, 4) is 17.5 Å². The molecule has 1 N–H and O–H groups in total. The van der Waals surface area contributed by atoms with Crippen molar-refractivity contribution in [1.29, 1.82) is 5.26 Å². The Bertz CT molecular complexity index is 932. The van der Waals surface area contributed by atoms with Crippen LogP contribution in [0.25, 0.3) is 11.5 Å². The lowest BCUT2D eigenvalue weighted by molar-refractivity contribution is 0.154. The highest BCUT2D eigenvalue weighted by molar-refractivity contribution is 5.84. The van der Waals surface area contributed by atoms with E-state index in [1.165, 1.54) is 18.2 Å². The Labute approximate surface area is 142 Å². The van der Waals surface area contributed by atoms with Gasteiger partial charge in [0.1, 0.15) is 18.5 Å². The number of anilines is 1. The van der Waals surface area contributed by atoms with Crippen molar-refractivity contribution in [3.63, 3.8) is 0 Å². The molecule has 0 saturated carbocycles. The van der Waals surface area contributed by atoms with Gasteiger partial charge in [-0.2, -0.15) is 10.2 Å². The smallest absolute Gasteiger partial charge is 0.414 e. The highest BCUT2D eigenvalue weighted by atomic mass is 19.1. The van der Waals surface area contributed by atoms with Crippen LogP contribution in [0.3, 0.4) is 0 Å². The van der Waals surface area contributed by atoms with E-state index in [0.717, 1.165) is 5.56 Å². The number of carbonyl (C=O) groups excluding carboxylic acids is 1. The van der Waals surface area contributed by atoms with Crippen molar-refractivity contribution >= 4 is 12.0 Å². The molecule has 1 amide bonds. The first-order valence-corrected chi connectivity index (χ1v) is 7.30. The Morgan fingerprint density at radius 1 is 1.24 bits per heavy atom. The van der Waals surface area contributed by atoms with E-state index in [1.54, 1.807) is 6.07 Å². The molecule has 0 aliphatic rings. The topological polar surface area (TPSA) is 88.2 Å². The molecule has 1 aromatic heterocycles. The summed E-state index contributed by atoms with van der Waals surface area (Å²) >= 11 is 0. The van der Waals surface area contributed by atoms with Gasteiger partial charge in [0.25, 0.3) is 0 Å². The van der Waals surface area contributed by atoms with E-state index in [-0.39, 0.29) is 24.1 Å². The third kappa shape index (κ3) is 4.00. The number of hydrogen-bond donors (Lipinski definition) is 1. The van der Waals surface area contributed by atoms with Crippen LogP contribution in [0.5, 0.6) is 0 Å². The summed E-state index contributed by atoms with van der Waals surface area (Å²) in [5, 5.41) is 11.4. The molecule has 25 heavy (non-hydrogen) atoms. The summed E-state index contributed by atoms with van der Waals surface area (Å²) in [5.41, 5.74) is 1.04. The Kier molecular flexibility index (Phi) is 4.72. The van der Waals surface area contributed by atoms with Crippen LogP contribution >= 0.6 is 0 Å². The minimum Gasteiger partial charge on any atom is -0.444 e. The first kappa shape index (κ1) is 16.2. The lowest BCUT2D eigenvalue weighted by Crippen LogP contribution is -2.13. The van der Waals surface area contributed by atoms with Crippen molar-refractivity contribution < 1.29 is 18.3 Å². The molecule has 3 aromatic rings. The lowest BCUT2D eigenvalue weighted by atomic mass is 10.2. The highest BCUT2D eigenvalue weighted by Gasteiger charge is 2.17. The van der Waals surface area contributed by atoms with Crippen LogP contribution in [0, 0.1) is 17.1 Å². The number of ether oxygens (including phenoxy) is 1. The number of rotatable bonds is 4. The second-order valence-corrected chi connectivity index (χ2v) is 5.01. The molecule has 0 aliphatic heterocycles. The van der Waals surface area contributed by atoms with E-state index in [4.69, 9.17) is 14.4 Å². The van der Waals surface area contributed by atoms with Gasteiger partial charge in [0, 0.05) is 5.56 Å². The molecular weight excluding hydrogens is 325 g/mol. The quantitative estimate of drug-likeness (QED) is 0.774. The summed E-state index contributed by atoms with van der Waals surface area (Å²) in [6.45, 7) is 0.0689. The fourth-order valence-electron chi connectivity index (χ4n) is 2.08. The highest BCUT2D eigenvalue weighted by Crippen LogP contribution is 2.25. The molecule has 6 nitrogen and oxygen atoms in total. The van der Waals surface area contributed by atoms with E-state index >= 15 is 0 Å². The minimum atomic E-state index is -0.790. The van der Waals surface area contributed by atoms with Crippen molar-refractivity contribution in [3.05, 3.63) is 71.7 Å². The van der Waals surface area contributed by atoms with E-state index in [2.05, 4.69) is 10.3 Å². The summed E-state index contributed by atoms with van der Waals surface area (Å²) in [6, 6.07) is 16.5. The third-order valence-electron chi connectivity index (χ3n) is 3.23. The van der Waals surface area contributed by atoms with E-state index in [1.807, 2.05) is 36.4 Å². The summed E-state index contributed by atoms with van der Waals surface area (Å²) in [7, 11) is 0. The second-order valence-electron chi connectivity index (χ2n) is 5.01. The maximum Gasteiger partial charge on any atom is 0.414 e. The van der Waals surface area contributed by atoms with Gasteiger partial charge in [-0.1, -0.05) is 36.4 Å². The number of oxazole rings is 1. The van der Waals surface area contributed by atoms with Gasteiger partial charge in [0.05, 0.1) is 0 Å². The summed E-state index contributed by atoms with van der Waals surface area (Å²) in [4.78, 5) is 15.8. The molecule has 0 aliphatic carbocycles. The van der Waals surface area contributed by atoms with Gasteiger partial charge in [-0.25, -0.2) is 9.18 Å². The van der Waals surface area contributed by atoms with Gasteiger partial charge in [-0.05, 0) is 23.8 Å². The molecule has 1 heterocycles. The van der Waals surface area contributed by atoms with Crippen LogP contribution in [-0.2, 0) is 11.3 Å². The summed E-state index contributed by atoms with van der Waals surface area (Å²) in [5.74, 6) is -0.597. The zero-order valence-electron chi connectivity index (χ0n) is 12.9. The Morgan fingerprint density at radius 3 is 2.76 bits per heavy atom. The third-order valence-corrected chi connectivity index (χ3v) is 3.23. The second kappa shape index (κ2) is 7.27. The molecule has 2 aromatic carbocycles. The lowest BCUT2D eigenvalue weighted by Gasteiger charge is -2.04. The van der Waals surface area contributed by atoms with Crippen LogP contribution in [0.15, 0.2) is 59.0 Å². The molecule has 0 atom stereocenters. The van der Waals surface area contributed by atoms with Crippen LogP contribution in [0.1, 0.15) is 11.3 Å². The zero-order chi connectivity index (χ0) is 17.6. The molecule has 0 bridgehead atoms. The van der Waals surface area contributed by atoms with Crippen LogP contribution in [0.4, 0.5) is 15.1 Å². The molecule has 124 valence electrons. The molecule has 7 heteroatoms. The van der Waals surface area contributed by atoms with E-state index in [0.29, 0.717) is 5.56 Å². The number of nitrogens with one attached hydrogen (secondary N) is 1. The summed E-state index contributed by atoms with van der Waals surface area (Å²) in [6.07, 6.45) is -0.790. The molecule has 0 saturated heterocycles. The number of nitrogens with zero attached hydrogens (tertiary/aromatic N) is 2. The molecule has 0 radical (unpaired) electrons. The summed E-state index contributed by atoms with van der Waals surface area (Å²) < 4.78 is 23.7. The first-order chi connectivity index (χ1) is 12.2. The average Bonchev–Trinajstić information content (AvgIpc) is 3.04. The number of aromatic nitrogens is 1. The van der Waals surface area contributed by atoms with Gasteiger partial charge < -0.3 is 9.15 Å². The number of halogens is 1. The van der Waals surface area contributed by atoms with Crippen molar-refractivity contribution in [1.82, 2.24) is 4.98 Å². The largest absolute Gasteiger partial charge is 0.444 e. The molecule has 0 fully saturated rings. The molecule has 0 unspecified atom stereocenters. The van der Waals surface area contributed by atoms with Crippen molar-refractivity contribution in [2.45, 2.75) is 6.61 Å². The average molecular weight is 337 g/mol. The van der Waals surface area contributed by atoms with Gasteiger partial charge in [-0.3, -0.25) is 5.32 Å². The zero-order valence-corrected chi connectivity index (χ0v) is 12.9. The molecular formula is C18H12FN3O3. The first-order valence-electron chi connectivity index (χ1n) is 7.30. The van der Waals surface area contributed by atoms with Crippen LogP contribution < -0.4 is 5.32 Å².